The number of methoxy groups -OCH3 is 1. The number of rotatable bonds is 4. The van der Waals surface area contributed by atoms with Gasteiger partial charge in [-0.3, -0.25) is 4.79 Å². The zero-order valence-electron chi connectivity index (χ0n) is 10.2. The van der Waals surface area contributed by atoms with Gasteiger partial charge in [0.1, 0.15) is 0 Å². The summed E-state index contributed by atoms with van der Waals surface area (Å²) in [6, 6.07) is 0. The number of halogens is 3. The molecule has 1 heterocycles. The van der Waals surface area contributed by atoms with Crippen molar-refractivity contribution in [2.75, 3.05) is 26.7 Å². The van der Waals surface area contributed by atoms with E-state index in [1.165, 1.54) is 12.0 Å². The second-order valence-corrected chi connectivity index (χ2v) is 4.11. The molecule has 0 saturated carbocycles. The van der Waals surface area contributed by atoms with Gasteiger partial charge in [-0.25, -0.2) is 0 Å². The van der Waals surface area contributed by atoms with Gasteiger partial charge >= 0.3 is 6.18 Å². The molecule has 1 aliphatic heterocycles. The lowest BCUT2D eigenvalue weighted by molar-refractivity contribution is -0.134. The summed E-state index contributed by atoms with van der Waals surface area (Å²) >= 11 is 0. The lowest BCUT2D eigenvalue weighted by atomic mass is 10.1. The molecule has 0 aliphatic carbocycles. The van der Waals surface area contributed by atoms with Crippen LogP contribution in [0.15, 0.2) is 11.6 Å². The molecule has 0 aromatic rings. The predicted octanol–water partition coefficient (Wildman–Crippen LogP) is 1.07. The quantitative estimate of drug-likeness (QED) is 0.774. The number of hydrogen-bond donors (Lipinski definition) is 1. The Balaban J connectivity index is 2.52. The number of carbonyl (C=O) groups excluding carboxylic acids is 1. The maximum absolute atomic E-state index is 12.4. The van der Waals surface area contributed by atoms with E-state index in [1.807, 2.05) is 0 Å². The predicted molar refractivity (Wildman–Crippen MR) is 59.8 cm³/mol. The fourth-order valence-corrected chi connectivity index (χ4v) is 1.74. The van der Waals surface area contributed by atoms with Crippen molar-refractivity contribution in [3.8, 4) is 0 Å². The molecule has 0 radical (unpaired) electrons. The largest absolute Gasteiger partial charge is 0.412 e. The highest BCUT2D eigenvalue weighted by molar-refractivity contribution is 5.77. The number of carbonyl (C=O) groups is 1. The average molecular weight is 266 g/mol. The van der Waals surface area contributed by atoms with Crippen LogP contribution < -0.4 is 5.73 Å². The molecule has 0 bridgehead atoms. The molecule has 4 nitrogen and oxygen atoms in total. The van der Waals surface area contributed by atoms with Crippen LogP contribution >= 0.6 is 0 Å². The van der Waals surface area contributed by atoms with E-state index in [1.54, 1.807) is 0 Å². The Morgan fingerprint density at radius 2 is 2.28 bits per heavy atom. The van der Waals surface area contributed by atoms with Crippen molar-refractivity contribution in [3.05, 3.63) is 11.6 Å². The maximum Gasteiger partial charge on any atom is 0.412 e. The molecule has 1 rings (SSSR count). The third-order valence-electron chi connectivity index (χ3n) is 2.92. The molecule has 1 aliphatic rings. The number of nitrogens with two attached hydrogens (primary N) is 1. The Bertz CT molecular complexity index is 325. The third kappa shape index (κ3) is 3.99. The SMILES string of the molecule is COC(CN)CC(=O)N1CC=C(C(F)(F)F)CC1. The van der Waals surface area contributed by atoms with Crippen molar-refractivity contribution >= 4 is 5.91 Å². The summed E-state index contributed by atoms with van der Waals surface area (Å²) in [5, 5.41) is 0. The Hall–Kier alpha value is -1.08. The summed E-state index contributed by atoms with van der Waals surface area (Å²) in [4.78, 5) is 13.1. The molecule has 1 amide bonds. The van der Waals surface area contributed by atoms with Gasteiger partial charge in [0.25, 0.3) is 0 Å². The Morgan fingerprint density at radius 1 is 1.61 bits per heavy atom. The van der Waals surface area contributed by atoms with Crippen LogP contribution in [0.2, 0.25) is 0 Å². The van der Waals surface area contributed by atoms with Gasteiger partial charge < -0.3 is 15.4 Å². The molecule has 104 valence electrons. The van der Waals surface area contributed by atoms with Gasteiger partial charge in [0.15, 0.2) is 0 Å². The van der Waals surface area contributed by atoms with Gasteiger partial charge in [0.2, 0.25) is 5.91 Å². The molecule has 0 saturated heterocycles. The molecule has 0 fully saturated rings. The lowest BCUT2D eigenvalue weighted by Gasteiger charge is -2.28. The van der Waals surface area contributed by atoms with Gasteiger partial charge in [-0.2, -0.15) is 13.2 Å². The fourth-order valence-electron chi connectivity index (χ4n) is 1.74. The molecule has 1 unspecified atom stereocenters. The van der Waals surface area contributed by atoms with Crippen molar-refractivity contribution in [1.29, 1.82) is 0 Å². The van der Waals surface area contributed by atoms with Crippen molar-refractivity contribution in [3.63, 3.8) is 0 Å². The Morgan fingerprint density at radius 3 is 2.67 bits per heavy atom. The van der Waals surface area contributed by atoms with Gasteiger partial charge in [-0.1, -0.05) is 6.08 Å². The first-order chi connectivity index (χ1) is 8.38. The average Bonchev–Trinajstić information content (AvgIpc) is 2.34. The van der Waals surface area contributed by atoms with Gasteiger partial charge in [0, 0.05) is 32.3 Å². The minimum atomic E-state index is -4.29. The van der Waals surface area contributed by atoms with Gasteiger partial charge in [0.05, 0.1) is 12.5 Å². The van der Waals surface area contributed by atoms with Crippen LogP contribution in [-0.2, 0) is 9.53 Å². The highest BCUT2D eigenvalue weighted by Gasteiger charge is 2.35. The van der Waals surface area contributed by atoms with Gasteiger partial charge in [-0.15, -0.1) is 0 Å². The number of ether oxygens (including phenoxy) is 1. The standard InChI is InChI=1S/C11H17F3N2O2/c1-18-9(7-15)6-10(17)16-4-2-8(3-5-16)11(12,13)14/h2,9H,3-7,15H2,1H3. The molecule has 7 heteroatoms. The third-order valence-corrected chi connectivity index (χ3v) is 2.92. The van der Waals surface area contributed by atoms with E-state index < -0.39 is 11.7 Å². The number of nitrogens with zero attached hydrogens (tertiary/aromatic N) is 1. The van der Waals surface area contributed by atoms with E-state index in [-0.39, 0.29) is 44.5 Å². The molecule has 0 spiro atoms. The molecule has 0 aromatic carbocycles. The zero-order valence-corrected chi connectivity index (χ0v) is 10.2. The van der Waals surface area contributed by atoms with Crippen molar-refractivity contribution < 1.29 is 22.7 Å². The first-order valence-corrected chi connectivity index (χ1v) is 5.65. The highest BCUT2D eigenvalue weighted by atomic mass is 19.4. The fraction of sp³-hybridized carbons (Fsp3) is 0.727. The smallest absolute Gasteiger partial charge is 0.380 e. The van der Waals surface area contributed by atoms with Crippen LogP contribution in [0.25, 0.3) is 0 Å². The summed E-state index contributed by atoms with van der Waals surface area (Å²) in [5.74, 6) is -0.232. The van der Waals surface area contributed by atoms with E-state index in [0.717, 1.165) is 6.08 Å². The molecule has 1 atom stereocenters. The minimum Gasteiger partial charge on any atom is -0.380 e. The molecular formula is C11H17F3N2O2. The van der Waals surface area contributed by atoms with Crippen LogP contribution in [0.4, 0.5) is 13.2 Å². The van der Waals surface area contributed by atoms with Crippen LogP contribution in [0, 0.1) is 0 Å². The second kappa shape index (κ2) is 6.19. The van der Waals surface area contributed by atoms with E-state index in [9.17, 15) is 18.0 Å². The highest BCUT2D eigenvalue weighted by Crippen LogP contribution is 2.30. The van der Waals surface area contributed by atoms with E-state index in [4.69, 9.17) is 10.5 Å². The van der Waals surface area contributed by atoms with Crippen LogP contribution in [0.5, 0.6) is 0 Å². The summed E-state index contributed by atoms with van der Waals surface area (Å²) < 4.78 is 42.1. The maximum atomic E-state index is 12.4. The van der Waals surface area contributed by atoms with Crippen molar-refractivity contribution in [2.45, 2.75) is 25.1 Å². The van der Waals surface area contributed by atoms with Crippen molar-refractivity contribution in [1.82, 2.24) is 4.90 Å². The van der Waals surface area contributed by atoms with Crippen molar-refractivity contribution in [2.24, 2.45) is 5.73 Å². The lowest BCUT2D eigenvalue weighted by Crippen LogP contribution is -2.39. The van der Waals surface area contributed by atoms with E-state index in [0.29, 0.717) is 0 Å². The monoisotopic (exact) mass is 266 g/mol. The molecule has 18 heavy (non-hydrogen) atoms. The number of alkyl halides is 3. The Kier molecular flexibility index (Phi) is 5.15. The normalized spacial score (nSPS) is 18.5. The topological polar surface area (TPSA) is 55.6 Å². The van der Waals surface area contributed by atoms with Crippen LogP contribution in [0.3, 0.4) is 0 Å². The summed E-state index contributed by atoms with van der Waals surface area (Å²) in [6.07, 6.45) is -3.67. The number of hydrogen-bond acceptors (Lipinski definition) is 3. The number of amides is 1. The molecule has 0 aromatic heterocycles. The minimum absolute atomic E-state index is 0.00528. The molecular weight excluding hydrogens is 249 g/mol. The summed E-state index contributed by atoms with van der Waals surface area (Å²) in [6.45, 7) is 0.291. The first-order valence-electron chi connectivity index (χ1n) is 5.65. The van der Waals surface area contributed by atoms with Gasteiger partial charge in [-0.05, 0) is 6.42 Å². The first kappa shape index (κ1) is 15.0. The Labute approximate surface area is 104 Å². The summed E-state index contributed by atoms with van der Waals surface area (Å²) in [5.41, 5.74) is 4.82. The van der Waals surface area contributed by atoms with Crippen LogP contribution in [0.1, 0.15) is 12.8 Å². The van der Waals surface area contributed by atoms with E-state index >= 15 is 0 Å². The second-order valence-electron chi connectivity index (χ2n) is 4.11. The van der Waals surface area contributed by atoms with E-state index in [2.05, 4.69) is 0 Å². The summed E-state index contributed by atoms with van der Waals surface area (Å²) in [7, 11) is 1.45. The molecule has 2 N–H and O–H groups in total. The van der Waals surface area contributed by atoms with Crippen LogP contribution in [-0.4, -0.2) is 49.8 Å². The zero-order chi connectivity index (χ0) is 13.8.